The SMILES string of the molecule is COc1ccccc1/C=C1/Oc2cc(OCC(=O)c3ccccc3)ccc2C1=O. The first-order valence-corrected chi connectivity index (χ1v) is 9.08. The summed E-state index contributed by atoms with van der Waals surface area (Å²) in [5.74, 6) is 1.38. The minimum atomic E-state index is -0.210. The first kappa shape index (κ1) is 18.5. The summed E-state index contributed by atoms with van der Waals surface area (Å²) >= 11 is 0. The largest absolute Gasteiger partial charge is 0.496 e. The topological polar surface area (TPSA) is 61.8 Å². The highest BCUT2D eigenvalue weighted by molar-refractivity contribution is 6.14. The Morgan fingerprint density at radius 1 is 1.00 bits per heavy atom. The van der Waals surface area contributed by atoms with E-state index in [-0.39, 0.29) is 23.9 Å². The van der Waals surface area contributed by atoms with Crippen molar-refractivity contribution in [3.63, 3.8) is 0 Å². The molecule has 1 aliphatic heterocycles. The van der Waals surface area contributed by atoms with Crippen molar-refractivity contribution in [2.75, 3.05) is 13.7 Å². The first-order chi connectivity index (χ1) is 14.2. The zero-order valence-corrected chi connectivity index (χ0v) is 15.8. The van der Waals surface area contributed by atoms with E-state index in [4.69, 9.17) is 14.2 Å². The zero-order chi connectivity index (χ0) is 20.2. The summed E-state index contributed by atoms with van der Waals surface area (Å²) in [7, 11) is 1.57. The fourth-order valence-electron chi connectivity index (χ4n) is 3.04. The summed E-state index contributed by atoms with van der Waals surface area (Å²) in [5, 5.41) is 0. The van der Waals surface area contributed by atoms with Gasteiger partial charge in [-0.1, -0.05) is 48.5 Å². The van der Waals surface area contributed by atoms with Crippen LogP contribution in [-0.4, -0.2) is 25.3 Å². The Morgan fingerprint density at radius 3 is 2.55 bits per heavy atom. The molecule has 0 unspecified atom stereocenters. The molecule has 5 nitrogen and oxygen atoms in total. The van der Waals surface area contributed by atoms with Gasteiger partial charge in [-0.3, -0.25) is 9.59 Å². The van der Waals surface area contributed by atoms with Crippen molar-refractivity contribution >= 4 is 17.6 Å². The molecule has 0 bridgehead atoms. The van der Waals surface area contributed by atoms with Crippen LogP contribution in [0.5, 0.6) is 17.2 Å². The lowest BCUT2D eigenvalue weighted by Gasteiger charge is -2.07. The van der Waals surface area contributed by atoms with E-state index in [0.29, 0.717) is 28.4 Å². The molecule has 0 aliphatic carbocycles. The molecule has 1 aliphatic rings. The first-order valence-electron chi connectivity index (χ1n) is 9.08. The van der Waals surface area contributed by atoms with Crippen LogP contribution in [0.3, 0.4) is 0 Å². The molecule has 0 N–H and O–H groups in total. The Balaban J connectivity index is 1.50. The lowest BCUT2D eigenvalue weighted by Crippen LogP contribution is -2.11. The predicted octanol–water partition coefficient (Wildman–Crippen LogP) is 4.57. The third kappa shape index (κ3) is 3.89. The summed E-state index contributed by atoms with van der Waals surface area (Å²) in [5.41, 5.74) is 1.78. The monoisotopic (exact) mass is 386 g/mol. The van der Waals surface area contributed by atoms with E-state index in [1.54, 1.807) is 55.7 Å². The van der Waals surface area contributed by atoms with Crippen LogP contribution in [-0.2, 0) is 0 Å². The van der Waals surface area contributed by atoms with Crippen LogP contribution in [0.25, 0.3) is 6.08 Å². The Morgan fingerprint density at radius 2 is 1.76 bits per heavy atom. The molecular formula is C24H18O5. The van der Waals surface area contributed by atoms with Gasteiger partial charge in [0.1, 0.15) is 17.2 Å². The molecule has 3 aromatic rings. The second-order valence-corrected chi connectivity index (χ2v) is 6.42. The van der Waals surface area contributed by atoms with E-state index < -0.39 is 0 Å². The highest BCUT2D eigenvalue weighted by Gasteiger charge is 2.28. The van der Waals surface area contributed by atoms with Gasteiger partial charge in [-0.2, -0.15) is 0 Å². The van der Waals surface area contributed by atoms with E-state index in [1.165, 1.54) is 0 Å². The van der Waals surface area contributed by atoms with Crippen LogP contribution in [0.4, 0.5) is 0 Å². The number of ether oxygens (including phenoxy) is 3. The number of hydrogen-bond acceptors (Lipinski definition) is 5. The Kier molecular flexibility index (Phi) is 5.12. The number of hydrogen-bond donors (Lipinski definition) is 0. The normalized spacial score (nSPS) is 13.7. The number of carbonyl (C=O) groups excluding carboxylic acids is 2. The van der Waals surface area contributed by atoms with Gasteiger partial charge in [0.2, 0.25) is 5.78 Å². The molecule has 4 rings (SSSR count). The number of Topliss-reactive ketones (excluding diaryl/α,β-unsaturated/α-hetero) is 2. The summed E-state index contributed by atoms with van der Waals surface area (Å²) in [6.07, 6.45) is 1.65. The van der Waals surface area contributed by atoms with Crippen LogP contribution in [0, 0.1) is 0 Å². The van der Waals surface area contributed by atoms with Gasteiger partial charge in [-0.25, -0.2) is 0 Å². The highest BCUT2D eigenvalue weighted by atomic mass is 16.5. The molecule has 29 heavy (non-hydrogen) atoms. The summed E-state index contributed by atoms with van der Waals surface area (Å²) in [6.45, 7) is -0.0966. The quantitative estimate of drug-likeness (QED) is 0.459. The molecule has 0 amide bonds. The van der Waals surface area contributed by atoms with Gasteiger partial charge >= 0.3 is 0 Å². The lowest BCUT2D eigenvalue weighted by molar-refractivity contribution is 0.0921. The van der Waals surface area contributed by atoms with Gasteiger partial charge in [0.05, 0.1) is 12.7 Å². The number of rotatable bonds is 6. The molecule has 0 spiro atoms. The van der Waals surface area contributed by atoms with Gasteiger partial charge in [0, 0.05) is 17.2 Å². The van der Waals surface area contributed by atoms with Crippen LogP contribution in [0.2, 0.25) is 0 Å². The summed E-state index contributed by atoms with van der Waals surface area (Å²) < 4.78 is 16.7. The maximum absolute atomic E-state index is 12.6. The maximum Gasteiger partial charge on any atom is 0.231 e. The van der Waals surface area contributed by atoms with Crippen molar-refractivity contribution in [1.29, 1.82) is 0 Å². The van der Waals surface area contributed by atoms with Crippen molar-refractivity contribution in [2.45, 2.75) is 0 Å². The number of carbonyl (C=O) groups is 2. The fraction of sp³-hybridized carbons (Fsp3) is 0.0833. The smallest absolute Gasteiger partial charge is 0.231 e. The third-order valence-electron chi connectivity index (χ3n) is 4.53. The predicted molar refractivity (Wildman–Crippen MR) is 109 cm³/mol. The van der Waals surface area contributed by atoms with Gasteiger partial charge in [0.15, 0.2) is 18.1 Å². The number of para-hydroxylation sites is 1. The molecule has 5 heteroatoms. The molecule has 0 fully saturated rings. The fourth-order valence-corrected chi connectivity index (χ4v) is 3.04. The Labute approximate surface area is 168 Å². The van der Waals surface area contributed by atoms with Gasteiger partial charge in [-0.15, -0.1) is 0 Å². The van der Waals surface area contributed by atoms with E-state index in [1.807, 2.05) is 30.3 Å². The number of allylic oxidation sites excluding steroid dienone is 1. The molecular weight excluding hydrogens is 368 g/mol. The molecule has 1 heterocycles. The Hall–Kier alpha value is -3.86. The van der Waals surface area contributed by atoms with Crippen LogP contribution in [0.15, 0.2) is 78.6 Å². The lowest BCUT2D eigenvalue weighted by atomic mass is 10.1. The molecule has 0 aromatic heterocycles. The van der Waals surface area contributed by atoms with E-state index in [2.05, 4.69) is 0 Å². The third-order valence-corrected chi connectivity index (χ3v) is 4.53. The average molecular weight is 386 g/mol. The van der Waals surface area contributed by atoms with Crippen molar-refractivity contribution < 1.29 is 23.8 Å². The molecule has 0 atom stereocenters. The molecule has 0 saturated heterocycles. The standard InChI is InChI=1S/C24H18O5/c1-27-21-10-6-5-9-17(21)13-23-24(26)19-12-11-18(14-22(19)29-23)28-15-20(25)16-7-3-2-4-8-16/h2-14H,15H2,1H3/b23-13+. The number of ketones is 2. The number of methoxy groups -OCH3 is 1. The van der Waals surface area contributed by atoms with Crippen molar-refractivity contribution in [2.24, 2.45) is 0 Å². The van der Waals surface area contributed by atoms with Gasteiger partial charge in [0.25, 0.3) is 0 Å². The van der Waals surface area contributed by atoms with Crippen molar-refractivity contribution in [3.8, 4) is 17.2 Å². The van der Waals surface area contributed by atoms with E-state index >= 15 is 0 Å². The van der Waals surface area contributed by atoms with Gasteiger partial charge < -0.3 is 14.2 Å². The molecule has 0 saturated carbocycles. The number of benzene rings is 3. The summed E-state index contributed by atoms with van der Waals surface area (Å²) in [4.78, 5) is 24.8. The van der Waals surface area contributed by atoms with Crippen molar-refractivity contribution in [3.05, 3.63) is 95.2 Å². The summed E-state index contributed by atoms with van der Waals surface area (Å²) in [6, 6.07) is 21.2. The second-order valence-electron chi connectivity index (χ2n) is 6.42. The molecule has 0 radical (unpaired) electrons. The minimum Gasteiger partial charge on any atom is -0.496 e. The van der Waals surface area contributed by atoms with E-state index in [0.717, 1.165) is 5.56 Å². The Bertz CT molecular complexity index is 1100. The van der Waals surface area contributed by atoms with Gasteiger partial charge in [-0.05, 0) is 24.3 Å². The number of fused-ring (bicyclic) bond motifs is 1. The van der Waals surface area contributed by atoms with Crippen LogP contribution >= 0.6 is 0 Å². The molecule has 144 valence electrons. The van der Waals surface area contributed by atoms with Crippen molar-refractivity contribution in [1.82, 2.24) is 0 Å². The van der Waals surface area contributed by atoms with E-state index in [9.17, 15) is 9.59 Å². The average Bonchev–Trinajstić information content (AvgIpc) is 3.07. The van der Waals surface area contributed by atoms with Crippen LogP contribution < -0.4 is 14.2 Å². The minimum absolute atomic E-state index is 0.0966. The highest BCUT2D eigenvalue weighted by Crippen LogP contribution is 2.35. The second kappa shape index (κ2) is 8.02. The van der Waals surface area contributed by atoms with Crippen LogP contribution in [0.1, 0.15) is 26.3 Å². The maximum atomic E-state index is 12.6. The zero-order valence-electron chi connectivity index (χ0n) is 15.8. The molecule has 3 aromatic carbocycles.